The van der Waals surface area contributed by atoms with Gasteiger partial charge >= 0.3 is 0 Å². The Morgan fingerprint density at radius 3 is 2.87 bits per heavy atom. The van der Waals surface area contributed by atoms with Crippen molar-refractivity contribution < 1.29 is 13.2 Å². The summed E-state index contributed by atoms with van der Waals surface area (Å²) in [5, 5.41) is 7.54. The van der Waals surface area contributed by atoms with Gasteiger partial charge in [0.25, 0.3) is 5.91 Å². The molecule has 0 bridgehead atoms. The number of carbonyl (C=O) groups excluding carboxylic acids is 1. The summed E-state index contributed by atoms with van der Waals surface area (Å²) in [6, 6.07) is 7.11. The number of hydrogen-bond donors (Lipinski definition) is 1. The highest BCUT2D eigenvalue weighted by atomic mass is 35.5. The maximum atomic E-state index is 12.2. The normalized spacial score (nSPS) is 19.6. The van der Waals surface area contributed by atoms with E-state index in [0.717, 1.165) is 5.56 Å². The van der Waals surface area contributed by atoms with Gasteiger partial charge in [-0.2, -0.15) is 5.10 Å². The molecule has 2 aromatic rings. The van der Waals surface area contributed by atoms with Crippen LogP contribution in [0.3, 0.4) is 0 Å². The van der Waals surface area contributed by atoms with E-state index in [9.17, 15) is 13.2 Å². The second kappa shape index (κ2) is 6.33. The van der Waals surface area contributed by atoms with E-state index < -0.39 is 9.84 Å². The summed E-state index contributed by atoms with van der Waals surface area (Å²) in [7, 11) is -3.01. The summed E-state index contributed by atoms with van der Waals surface area (Å²) in [5.74, 6) is -0.173. The SMILES string of the molecule is O=C(NC1CCS(=O)(=O)C1)c1cnn(Cc2ccccc2Cl)c1. The molecule has 0 saturated carbocycles. The topological polar surface area (TPSA) is 81.1 Å². The molecule has 1 aliphatic rings. The highest BCUT2D eigenvalue weighted by molar-refractivity contribution is 7.91. The summed E-state index contributed by atoms with van der Waals surface area (Å²) in [5.41, 5.74) is 1.31. The first kappa shape index (κ1) is 16.0. The Balaban J connectivity index is 1.65. The number of carbonyl (C=O) groups is 1. The molecule has 1 amide bonds. The van der Waals surface area contributed by atoms with Crippen molar-refractivity contribution in [3.63, 3.8) is 0 Å². The van der Waals surface area contributed by atoms with Crippen molar-refractivity contribution in [3.05, 3.63) is 52.8 Å². The molecule has 1 aliphatic heterocycles. The minimum absolute atomic E-state index is 0.00645. The van der Waals surface area contributed by atoms with Crippen molar-refractivity contribution >= 4 is 27.3 Å². The molecule has 1 unspecified atom stereocenters. The van der Waals surface area contributed by atoms with Crippen molar-refractivity contribution in [2.75, 3.05) is 11.5 Å². The molecule has 6 nitrogen and oxygen atoms in total. The fourth-order valence-electron chi connectivity index (χ4n) is 2.55. The quantitative estimate of drug-likeness (QED) is 0.903. The van der Waals surface area contributed by atoms with Gasteiger partial charge in [0, 0.05) is 17.3 Å². The monoisotopic (exact) mass is 353 g/mol. The second-order valence-electron chi connectivity index (χ2n) is 5.59. The Morgan fingerprint density at radius 2 is 2.17 bits per heavy atom. The largest absolute Gasteiger partial charge is 0.348 e. The Hall–Kier alpha value is -1.86. The van der Waals surface area contributed by atoms with Gasteiger partial charge < -0.3 is 5.32 Å². The van der Waals surface area contributed by atoms with Gasteiger partial charge in [0.1, 0.15) is 0 Å². The number of hydrogen-bond acceptors (Lipinski definition) is 4. The molecule has 23 heavy (non-hydrogen) atoms. The fraction of sp³-hybridized carbons (Fsp3) is 0.333. The number of sulfone groups is 1. The van der Waals surface area contributed by atoms with Crippen molar-refractivity contribution in [1.29, 1.82) is 0 Å². The summed E-state index contributed by atoms with van der Waals surface area (Å²) < 4.78 is 24.5. The lowest BCUT2D eigenvalue weighted by Gasteiger charge is -2.09. The average Bonchev–Trinajstić information content (AvgIpc) is 3.08. The molecule has 3 rings (SSSR count). The van der Waals surface area contributed by atoms with Gasteiger partial charge in [-0.3, -0.25) is 9.48 Å². The molecule has 122 valence electrons. The van der Waals surface area contributed by atoms with Crippen LogP contribution < -0.4 is 5.32 Å². The van der Waals surface area contributed by atoms with E-state index in [4.69, 9.17) is 11.6 Å². The number of amides is 1. The molecule has 1 atom stereocenters. The van der Waals surface area contributed by atoms with Gasteiger partial charge in [0.15, 0.2) is 9.84 Å². The minimum Gasteiger partial charge on any atom is -0.348 e. The molecular formula is C15H16ClN3O3S. The van der Waals surface area contributed by atoms with Crippen LogP contribution in [0.25, 0.3) is 0 Å². The number of halogens is 1. The Bertz CT molecular complexity index is 832. The lowest BCUT2D eigenvalue weighted by Crippen LogP contribution is -2.35. The van der Waals surface area contributed by atoms with Crippen LogP contribution in [-0.2, 0) is 16.4 Å². The molecule has 1 aromatic heterocycles. The van der Waals surface area contributed by atoms with Crippen molar-refractivity contribution in [1.82, 2.24) is 15.1 Å². The zero-order chi connectivity index (χ0) is 16.4. The molecular weight excluding hydrogens is 338 g/mol. The first-order valence-corrected chi connectivity index (χ1v) is 9.40. The lowest BCUT2D eigenvalue weighted by atomic mass is 10.2. The molecule has 2 heterocycles. The number of rotatable bonds is 4. The van der Waals surface area contributed by atoms with Crippen LogP contribution in [0.15, 0.2) is 36.7 Å². The number of aromatic nitrogens is 2. The first-order chi connectivity index (χ1) is 10.9. The van der Waals surface area contributed by atoms with Gasteiger partial charge in [0.05, 0.1) is 29.8 Å². The predicted molar refractivity (Wildman–Crippen MR) is 87.3 cm³/mol. The number of benzene rings is 1. The predicted octanol–water partition coefficient (Wildman–Crippen LogP) is 1.50. The molecule has 1 fully saturated rings. The molecule has 8 heteroatoms. The zero-order valence-electron chi connectivity index (χ0n) is 12.3. The van der Waals surface area contributed by atoms with Crippen molar-refractivity contribution in [2.24, 2.45) is 0 Å². The van der Waals surface area contributed by atoms with Crippen molar-refractivity contribution in [2.45, 2.75) is 19.0 Å². The summed E-state index contributed by atoms with van der Waals surface area (Å²) >= 11 is 6.11. The minimum atomic E-state index is -3.01. The van der Waals surface area contributed by atoms with E-state index in [-0.39, 0.29) is 23.5 Å². The highest BCUT2D eigenvalue weighted by Gasteiger charge is 2.29. The van der Waals surface area contributed by atoms with Gasteiger partial charge in [-0.1, -0.05) is 29.8 Å². The van der Waals surface area contributed by atoms with Crippen LogP contribution >= 0.6 is 11.6 Å². The van der Waals surface area contributed by atoms with Gasteiger partial charge in [-0.15, -0.1) is 0 Å². The third-order valence-electron chi connectivity index (χ3n) is 3.75. The van der Waals surface area contributed by atoms with Crippen LogP contribution in [0.4, 0.5) is 0 Å². The lowest BCUT2D eigenvalue weighted by molar-refractivity contribution is 0.0941. The van der Waals surface area contributed by atoms with Crippen LogP contribution in [0.5, 0.6) is 0 Å². The molecule has 0 spiro atoms. The Kier molecular flexibility index (Phi) is 4.41. The van der Waals surface area contributed by atoms with E-state index >= 15 is 0 Å². The van der Waals surface area contributed by atoms with Crippen molar-refractivity contribution in [3.8, 4) is 0 Å². The van der Waals surface area contributed by atoms with Gasteiger partial charge in [0.2, 0.25) is 0 Å². The number of nitrogens with one attached hydrogen (secondary N) is 1. The van der Waals surface area contributed by atoms with Crippen LogP contribution in [-0.4, -0.2) is 41.7 Å². The molecule has 1 saturated heterocycles. The van der Waals surface area contributed by atoms with Crippen LogP contribution in [0.2, 0.25) is 5.02 Å². The molecule has 1 N–H and O–H groups in total. The third kappa shape index (κ3) is 3.92. The maximum absolute atomic E-state index is 12.2. The van der Waals surface area contributed by atoms with Gasteiger partial charge in [-0.05, 0) is 18.1 Å². The Labute approximate surface area is 139 Å². The third-order valence-corrected chi connectivity index (χ3v) is 5.89. The highest BCUT2D eigenvalue weighted by Crippen LogP contribution is 2.16. The fourth-order valence-corrected chi connectivity index (χ4v) is 4.41. The molecule has 0 aliphatic carbocycles. The van der Waals surface area contributed by atoms with Crippen LogP contribution in [0.1, 0.15) is 22.3 Å². The van der Waals surface area contributed by atoms with E-state index in [1.807, 2.05) is 18.2 Å². The number of nitrogens with zero attached hydrogens (tertiary/aromatic N) is 2. The Morgan fingerprint density at radius 1 is 1.39 bits per heavy atom. The summed E-state index contributed by atoms with van der Waals surface area (Å²) in [4.78, 5) is 12.2. The molecule has 1 aromatic carbocycles. The zero-order valence-corrected chi connectivity index (χ0v) is 13.8. The summed E-state index contributed by atoms with van der Waals surface area (Å²) in [6.45, 7) is 0.463. The van der Waals surface area contributed by atoms with E-state index in [1.165, 1.54) is 6.20 Å². The van der Waals surface area contributed by atoms with E-state index in [0.29, 0.717) is 23.6 Å². The maximum Gasteiger partial charge on any atom is 0.254 e. The first-order valence-electron chi connectivity index (χ1n) is 7.20. The smallest absolute Gasteiger partial charge is 0.254 e. The standard InChI is InChI=1S/C15H16ClN3O3S/c16-14-4-2-1-3-11(14)8-19-9-12(7-17-19)15(20)18-13-5-6-23(21,22)10-13/h1-4,7,9,13H,5-6,8,10H2,(H,18,20). The van der Waals surface area contributed by atoms with Crippen LogP contribution in [0, 0.1) is 0 Å². The van der Waals surface area contributed by atoms with E-state index in [2.05, 4.69) is 10.4 Å². The average molecular weight is 354 g/mol. The van der Waals surface area contributed by atoms with Gasteiger partial charge in [-0.25, -0.2) is 8.42 Å². The molecule has 0 radical (unpaired) electrons. The summed E-state index contributed by atoms with van der Waals surface area (Å²) in [6.07, 6.45) is 3.56. The second-order valence-corrected chi connectivity index (χ2v) is 8.23. The van der Waals surface area contributed by atoms with E-state index in [1.54, 1.807) is 16.9 Å².